The minimum atomic E-state index is -1.11. The minimum absolute atomic E-state index is 0.0280. The molecule has 7 heteroatoms. The van der Waals surface area contributed by atoms with Crippen LogP contribution >= 0.6 is 11.3 Å². The van der Waals surface area contributed by atoms with E-state index in [2.05, 4.69) is 15.3 Å². The lowest BCUT2D eigenvalue weighted by Crippen LogP contribution is -2.13. The second kappa shape index (κ2) is 5.02. The zero-order chi connectivity index (χ0) is 15.0. The summed E-state index contributed by atoms with van der Waals surface area (Å²) < 4.78 is 0.909. The Balaban J connectivity index is 1.90. The van der Waals surface area contributed by atoms with Crippen molar-refractivity contribution >= 4 is 39.1 Å². The topological polar surface area (TPSA) is 95.1 Å². The molecule has 0 bridgehead atoms. The number of thiazole rings is 1. The largest absolute Gasteiger partial charge is 0.477 e. The van der Waals surface area contributed by atoms with E-state index in [1.54, 1.807) is 36.7 Å². The van der Waals surface area contributed by atoms with Gasteiger partial charge in [0.05, 0.1) is 21.4 Å². The number of aryl methyl sites for hydroxylation is 1. The molecule has 1 aromatic carbocycles. The summed E-state index contributed by atoms with van der Waals surface area (Å²) in [6, 6.07) is 6.76. The van der Waals surface area contributed by atoms with Crippen molar-refractivity contribution in [3.05, 3.63) is 46.7 Å². The number of rotatable bonds is 3. The number of benzene rings is 1. The number of aromatic nitrogens is 2. The monoisotopic (exact) mass is 301 g/mol. The average molecular weight is 301 g/mol. The third-order valence-electron chi connectivity index (χ3n) is 3.01. The van der Waals surface area contributed by atoms with E-state index in [0.29, 0.717) is 11.3 Å². The van der Waals surface area contributed by atoms with E-state index in [-0.39, 0.29) is 17.3 Å². The highest BCUT2D eigenvalue weighted by Crippen LogP contribution is 2.21. The van der Waals surface area contributed by atoms with Gasteiger partial charge in [0, 0.05) is 11.3 Å². The molecule has 2 heterocycles. The molecule has 1 amide bonds. The van der Waals surface area contributed by atoms with E-state index < -0.39 is 5.97 Å². The molecular weight excluding hydrogens is 290 g/mol. The number of H-pyrrole nitrogens is 1. The Kier molecular flexibility index (Phi) is 3.19. The third-order valence-corrected chi connectivity index (χ3v) is 3.80. The highest BCUT2D eigenvalue weighted by atomic mass is 32.1. The van der Waals surface area contributed by atoms with Gasteiger partial charge in [0.2, 0.25) is 0 Å². The first kappa shape index (κ1) is 13.3. The average Bonchev–Trinajstić information content (AvgIpc) is 3.04. The van der Waals surface area contributed by atoms with Gasteiger partial charge < -0.3 is 15.4 Å². The van der Waals surface area contributed by atoms with Crippen LogP contribution in [0.3, 0.4) is 0 Å². The number of nitrogens with one attached hydrogen (secondary N) is 2. The molecule has 3 N–H and O–H groups in total. The number of carbonyl (C=O) groups excluding carboxylic acids is 1. The van der Waals surface area contributed by atoms with Crippen LogP contribution in [0, 0.1) is 6.92 Å². The van der Waals surface area contributed by atoms with Crippen molar-refractivity contribution in [1.82, 2.24) is 9.97 Å². The summed E-state index contributed by atoms with van der Waals surface area (Å²) in [4.78, 5) is 30.2. The van der Waals surface area contributed by atoms with Crippen molar-refractivity contribution in [2.24, 2.45) is 0 Å². The van der Waals surface area contributed by atoms with Gasteiger partial charge in [-0.15, -0.1) is 11.3 Å². The maximum absolute atomic E-state index is 12.2. The Morgan fingerprint density at radius 1 is 1.33 bits per heavy atom. The second-order valence-electron chi connectivity index (χ2n) is 4.54. The molecule has 21 heavy (non-hydrogen) atoms. The van der Waals surface area contributed by atoms with Crippen LogP contribution < -0.4 is 5.32 Å². The van der Waals surface area contributed by atoms with Gasteiger partial charge in [-0.25, -0.2) is 9.78 Å². The number of hydrogen-bond donors (Lipinski definition) is 3. The highest BCUT2D eigenvalue weighted by molar-refractivity contribution is 7.16. The molecular formula is C14H11N3O3S. The number of amides is 1. The predicted molar refractivity (Wildman–Crippen MR) is 80.1 cm³/mol. The zero-order valence-corrected chi connectivity index (χ0v) is 11.8. The number of carbonyl (C=O) groups is 2. The summed E-state index contributed by atoms with van der Waals surface area (Å²) in [5.41, 5.74) is 3.90. The number of carboxylic acid groups (broad SMARTS) is 1. The lowest BCUT2D eigenvalue weighted by molar-refractivity contribution is 0.0692. The Hall–Kier alpha value is -2.67. The molecule has 0 aliphatic carbocycles. The Bertz CT molecular complexity index is 850. The molecule has 0 saturated heterocycles. The summed E-state index contributed by atoms with van der Waals surface area (Å²) in [6.45, 7) is 1.73. The predicted octanol–water partition coefficient (Wildman–Crippen LogP) is 2.88. The fourth-order valence-electron chi connectivity index (χ4n) is 2.05. The number of aromatic carboxylic acids is 1. The fourth-order valence-corrected chi connectivity index (χ4v) is 2.76. The van der Waals surface area contributed by atoms with E-state index in [9.17, 15) is 9.59 Å². The van der Waals surface area contributed by atoms with E-state index in [0.717, 1.165) is 10.2 Å². The summed E-state index contributed by atoms with van der Waals surface area (Å²) in [5, 5.41) is 11.7. The number of aromatic amines is 1. The van der Waals surface area contributed by atoms with E-state index in [1.807, 2.05) is 0 Å². The zero-order valence-electron chi connectivity index (χ0n) is 11.0. The molecule has 0 unspecified atom stereocenters. The third kappa shape index (κ3) is 2.50. The highest BCUT2D eigenvalue weighted by Gasteiger charge is 2.16. The van der Waals surface area contributed by atoms with Crippen molar-refractivity contribution < 1.29 is 14.7 Å². The molecule has 0 aliphatic rings. The molecule has 0 atom stereocenters. The van der Waals surface area contributed by atoms with Crippen molar-refractivity contribution in [3.8, 4) is 0 Å². The van der Waals surface area contributed by atoms with Crippen LogP contribution in [0.25, 0.3) is 10.2 Å². The summed E-state index contributed by atoms with van der Waals surface area (Å²) in [7, 11) is 0. The quantitative estimate of drug-likeness (QED) is 0.693. The molecule has 0 spiro atoms. The van der Waals surface area contributed by atoms with Gasteiger partial charge >= 0.3 is 5.97 Å². The van der Waals surface area contributed by atoms with Crippen LogP contribution in [0.1, 0.15) is 26.5 Å². The number of nitrogens with zero attached hydrogens (tertiary/aromatic N) is 1. The second-order valence-corrected chi connectivity index (χ2v) is 5.42. The molecule has 0 saturated carbocycles. The van der Waals surface area contributed by atoms with Gasteiger partial charge in [0.25, 0.3) is 5.91 Å². The molecule has 6 nitrogen and oxygen atoms in total. The SMILES string of the molecule is Cc1cc(NC(=O)c2ccc3ncsc3c2)c(C(=O)O)[nH]1. The van der Waals surface area contributed by atoms with E-state index in [1.165, 1.54) is 11.3 Å². The van der Waals surface area contributed by atoms with Crippen molar-refractivity contribution in [2.75, 3.05) is 5.32 Å². The number of anilines is 1. The molecule has 106 valence electrons. The van der Waals surface area contributed by atoms with Crippen LogP contribution in [0.4, 0.5) is 5.69 Å². The lowest BCUT2D eigenvalue weighted by atomic mass is 10.2. The number of fused-ring (bicyclic) bond motifs is 1. The molecule has 0 radical (unpaired) electrons. The number of hydrogen-bond acceptors (Lipinski definition) is 4. The van der Waals surface area contributed by atoms with E-state index in [4.69, 9.17) is 5.11 Å². The Morgan fingerprint density at radius 2 is 2.14 bits per heavy atom. The van der Waals surface area contributed by atoms with Crippen molar-refractivity contribution in [2.45, 2.75) is 6.92 Å². The molecule has 2 aromatic heterocycles. The van der Waals surface area contributed by atoms with Crippen molar-refractivity contribution in [1.29, 1.82) is 0 Å². The van der Waals surface area contributed by atoms with Crippen molar-refractivity contribution in [3.63, 3.8) is 0 Å². The Morgan fingerprint density at radius 3 is 2.90 bits per heavy atom. The lowest BCUT2D eigenvalue weighted by Gasteiger charge is -2.04. The summed E-state index contributed by atoms with van der Waals surface area (Å²) >= 11 is 1.45. The molecule has 0 aliphatic heterocycles. The van der Waals surface area contributed by atoms with Gasteiger partial charge in [0.15, 0.2) is 0 Å². The maximum Gasteiger partial charge on any atom is 0.354 e. The normalized spacial score (nSPS) is 10.7. The Labute approximate surface area is 123 Å². The van der Waals surface area contributed by atoms with E-state index >= 15 is 0 Å². The standard InChI is InChI=1S/C14H11N3O3S/c1-7-4-10(12(16-7)14(19)20)17-13(18)8-2-3-9-11(5-8)21-6-15-9/h2-6,16H,1H3,(H,17,18)(H,19,20). The smallest absolute Gasteiger partial charge is 0.354 e. The minimum Gasteiger partial charge on any atom is -0.477 e. The van der Waals surface area contributed by atoms with Crippen LogP contribution in [0.2, 0.25) is 0 Å². The molecule has 0 fully saturated rings. The first-order valence-corrected chi connectivity index (χ1v) is 7.00. The maximum atomic E-state index is 12.2. The van der Waals surface area contributed by atoms with Gasteiger partial charge in [-0.1, -0.05) is 0 Å². The van der Waals surface area contributed by atoms with Crippen LogP contribution in [0.5, 0.6) is 0 Å². The van der Waals surface area contributed by atoms with Gasteiger partial charge in [-0.05, 0) is 31.2 Å². The van der Waals surface area contributed by atoms with Crippen LogP contribution in [-0.4, -0.2) is 27.0 Å². The van der Waals surface area contributed by atoms with Crippen LogP contribution in [-0.2, 0) is 0 Å². The van der Waals surface area contributed by atoms with Gasteiger partial charge in [-0.3, -0.25) is 4.79 Å². The van der Waals surface area contributed by atoms with Crippen LogP contribution in [0.15, 0.2) is 29.8 Å². The van der Waals surface area contributed by atoms with Gasteiger partial charge in [-0.2, -0.15) is 0 Å². The molecule has 3 rings (SSSR count). The number of carboxylic acids is 1. The van der Waals surface area contributed by atoms with Gasteiger partial charge in [0.1, 0.15) is 5.69 Å². The first-order chi connectivity index (χ1) is 10.0. The fraction of sp³-hybridized carbons (Fsp3) is 0.0714. The molecule has 3 aromatic rings. The first-order valence-electron chi connectivity index (χ1n) is 6.12. The summed E-state index contributed by atoms with van der Waals surface area (Å²) in [5.74, 6) is -1.47. The summed E-state index contributed by atoms with van der Waals surface area (Å²) in [6.07, 6.45) is 0.